The van der Waals surface area contributed by atoms with Crippen molar-refractivity contribution in [2.45, 2.75) is 38.6 Å². The molecule has 1 heterocycles. The number of piperazine rings is 1. The van der Waals surface area contributed by atoms with Crippen LogP contribution in [0.1, 0.15) is 42.9 Å². The third-order valence-electron chi connectivity index (χ3n) is 4.24. The molecule has 1 saturated heterocycles. The molecule has 2 nitrogen and oxygen atoms in total. The van der Waals surface area contributed by atoms with E-state index in [0.717, 1.165) is 63.0 Å². The van der Waals surface area contributed by atoms with Crippen LogP contribution in [-0.2, 0) is 0 Å². The Kier molecular flexibility index (Phi) is 6.40. The predicted molar refractivity (Wildman–Crippen MR) is 87.0 cm³/mol. The fraction of sp³-hybridized carbons (Fsp3) is 0.556. The number of allylic oxidation sites excluding steroid dienone is 1. The van der Waals surface area contributed by atoms with Gasteiger partial charge in [-0.15, -0.1) is 6.58 Å². The first-order valence-corrected chi connectivity index (χ1v) is 8.04. The van der Waals surface area contributed by atoms with Crippen LogP contribution in [0.3, 0.4) is 0 Å². The molecule has 1 aromatic rings. The first-order valence-electron chi connectivity index (χ1n) is 8.04. The summed E-state index contributed by atoms with van der Waals surface area (Å²) in [6, 6.07) is 5.87. The van der Waals surface area contributed by atoms with Crippen LogP contribution in [0.5, 0.6) is 0 Å². The van der Waals surface area contributed by atoms with Gasteiger partial charge in [0.1, 0.15) is 5.82 Å². The van der Waals surface area contributed by atoms with Crippen molar-refractivity contribution in [2.75, 3.05) is 26.2 Å². The molecule has 0 aliphatic carbocycles. The molecule has 0 spiro atoms. The SMILES string of the molecule is C=CCCCC[C@@H](c1ccc(C)cc1F)N1CCNCC1. The van der Waals surface area contributed by atoms with Crippen LogP contribution in [-0.4, -0.2) is 31.1 Å². The predicted octanol–water partition coefficient (Wildman–Crippen LogP) is 3.83. The molecule has 1 fully saturated rings. The number of aryl methyl sites for hydroxylation is 1. The average molecular weight is 290 g/mol. The Balaban J connectivity index is 2.11. The summed E-state index contributed by atoms with van der Waals surface area (Å²) in [5.74, 6) is -0.0535. The van der Waals surface area contributed by atoms with Crippen LogP contribution in [0.25, 0.3) is 0 Å². The number of hydrogen-bond acceptors (Lipinski definition) is 2. The minimum Gasteiger partial charge on any atom is -0.314 e. The van der Waals surface area contributed by atoms with E-state index in [4.69, 9.17) is 0 Å². The lowest BCUT2D eigenvalue weighted by atomic mass is 9.96. The second-order valence-corrected chi connectivity index (χ2v) is 5.90. The number of nitrogens with one attached hydrogen (secondary N) is 1. The Morgan fingerprint density at radius 1 is 1.33 bits per heavy atom. The quantitative estimate of drug-likeness (QED) is 0.606. The van der Waals surface area contributed by atoms with Crippen molar-refractivity contribution in [1.82, 2.24) is 10.2 Å². The molecule has 3 heteroatoms. The minimum atomic E-state index is -0.0535. The molecule has 21 heavy (non-hydrogen) atoms. The van der Waals surface area contributed by atoms with Crippen LogP contribution in [0.2, 0.25) is 0 Å². The summed E-state index contributed by atoms with van der Waals surface area (Å²) >= 11 is 0. The highest BCUT2D eigenvalue weighted by Gasteiger charge is 2.24. The molecular weight excluding hydrogens is 263 g/mol. The molecule has 0 radical (unpaired) electrons. The van der Waals surface area contributed by atoms with E-state index in [2.05, 4.69) is 16.8 Å². The summed E-state index contributed by atoms with van der Waals surface area (Å²) in [5, 5.41) is 3.37. The van der Waals surface area contributed by atoms with E-state index < -0.39 is 0 Å². The molecule has 1 N–H and O–H groups in total. The zero-order chi connectivity index (χ0) is 15.1. The fourth-order valence-corrected chi connectivity index (χ4v) is 3.06. The third kappa shape index (κ3) is 4.65. The van der Waals surface area contributed by atoms with Gasteiger partial charge in [-0.2, -0.15) is 0 Å². The maximum Gasteiger partial charge on any atom is 0.128 e. The molecule has 1 atom stereocenters. The van der Waals surface area contributed by atoms with Crippen LogP contribution < -0.4 is 5.32 Å². The van der Waals surface area contributed by atoms with E-state index in [9.17, 15) is 4.39 Å². The summed E-state index contributed by atoms with van der Waals surface area (Å²) in [4.78, 5) is 2.43. The molecule has 0 aromatic heterocycles. The first kappa shape index (κ1) is 16.2. The molecule has 0 unspecified atom stereocenters. The minimum absolute atomic E-state index is 0.0535. The molecule has 0 saturated carbocycles. The zero-order valence-electron chi connectivity index (χ0n) is 13.1. The van der Waals surface area contributed by atoms with E-state index in [0.29, 0.717) is 0 Å². The highest BCUT2D eigenvalue weighted by atomic mass is 19.1. The van der Waals surface area contributed by atoms with Crippen molar-refractivity contribution < 1.29 is 4.39 Å². The second kappa shape index (κ2) is 8.30. The normalized spacial score (nSPS) is 17.6. The van der Waals surface area contributed by atoms with E-state index in [-0.39, 0.29) is 11.9 Å². The van der Waals surface area contributed by atoms with Crippen molar-refractivity contribution in [3.8, 4) is 0 Å². The summed E-state index contributed by atoms with van der Waals surface area (Å²) in [6.45, 7) is 9.70. The largest absolute Gasteiger partial charge is 0.314 e. The smallest absolute Gasteiger partial charge is 0.128 e. The first-order chi connectivity index (χ1) is 10.2. The van der Waals surface area contributed by atoms with Gasteiger partial charge in [0, 0.05) is 37.8 Å². The monoisotopic (exact) mass is 290 g/mol. The van der Waals surface area contributed by atoms with Gasteiger partial charge in [-0.05, 0) is 37.8 Å². The van der Waals surface area contributed by atoms with Gasteiger partial charge in [0.2, 0.25) is 0 Å². The Labute approximate surface area is 128 Å². The van der Waals surface area contributed by atoms with Crippen molar-refractivity contribution >= 4 is 0 Å². The topological polar surface area (TPSA) is 15.3 Å². The van der Waals surface area contributed by atoms with E-state index >= 15 is 0 Å². The summed E-state index contributed by atoms with van der Waals surface area (Å²) < 4.78 is 14.4. The summed E-state index contributed by atoms with van der Waals surface area (Å²) in [7, 11) is 0. The van der Waals surface area contributed by atoms with E-state index in [1.165, 1.54) is 0 Å². The summed E-state index contributed by atoms with van der Waals surface area (Å²) in [6.07, 6.45) is 6.29. The van der Waals surface area contributed by atoms with Gasteiger partial charge < -0.3 is 5.32 Å². The Morgan fingerprint density at radius 3 is 2.76 bits per heavy atom. The van der Waals surface area contributed by atoms with Gasteiger partial charge in [0.05, 0.1) is 0 Å². The third-order valence-corrected chi connectivity index (χ3v) is 4.24. The Bertz CT molecular complexity index is 453. The fourth-order valence-electron chi connectivity index (χ4n) is 3.06. The maximum absolute atomic E-state index is 14.4. The van der Waals surface area contributed by atoms with E-state index in [1.807, 2.05) is 25.1 Å². The Morgan fingerprint density at radius 2 is 2.10 bits per heavy atom. The Hall–Kier alpha value is -1.19. The molecular formula is C18H27FN2. The number of rotatable bonds is 7. The highest BCUT2D eigenvalue weighted by Crippen LogP contribution is 2.29. The lowest BCUT2D eigenvalue weighted by Crippen LogP contribution is -2.45. The molecule has 0 bridgehead atoms. The molecule has 1 aromatic carbocycles. The number of hydrogen-bond donors (Lipinski definition) is 1. The van der Waals surface area contributed by atoms with Gasteiger partial charge in [-0.3, -0.25) is 4.90 Å². The van der Waals surface area contributed by atoms with Gasteiger partial charge >= 0.3 is 0 Å². The molecule has 1 aliphatic heterocycles. The lowest BCUT2D eigenvalue weighted by molar-refractivity contribution is 0.160. The van der Waals surface area contributed by atoms with Gasteiger partial charge in [-0.25, -0.2) is 4.39 Å². The molecule has 1 aliphatic rings. The lowest BCUT2D eigenvalue weighted by Gasteiger charge is -2.35. The van der Waals surface area contributed by atoms with Crippen LogP contribution >= 0.6 is 0 Å². The van der Waals surface area contributed by atoms with Crippen molar-refractivity contribution in [3.05, 3.63) is 47.8 Å². The van der Waals surface area contributed by atoms with Crippen LogP contribution in [0.4, 0.5) is 4.39 Å². The van der Waals surface area contributed by atoms with Crippen LogP contribution in [0.15, 0.2) is 30.9 Å². The second-order valence-electron chi connectivity index (χ2n) is 5.90. The zero-order valence-corrected chi connectivity index (χ0v) is 13.1. The number of halogens is 1. The van der Waals surface area contributed by atoms with Gasteiger partial charge in [0.25, 0.3) is 0 Å². The maximum atomic E-state index is 14.4. The number of benzene rings is 1. The number of nitrogens with zero attached hydrogens (tertiary/aromatic N) is 1. The van der Waals surface area contributed by atoms with E-state index in [1.54, 1.807) is 6.07 Å². The number of unbranched alkanes of at least 4 members (excludes halogenated alkanes) is 2. The van der Waals surface area contributed by atoms with Crippen molar-refractivity contribution in [1.29, 1.82) is 0 Å². The molecule has 116 valence electrons. The van der Waals surface area contributed by atoms with Gasteiger partial charge in [-0.1, -0.05) is 24.6 Å². The standard InChI is InChI=1S/C18H27FN2/c1-3-4-5-6-7-18(21-12-10-20-11-13-21)16-9-8-15(2)14-17(16)19/h3,8-9,14,18,20H,1,4-7,10-13H2,2H3/t18-/m0/s1. The van der Waals surface area contributed by atoms with Crippen molar-refractivity contribution in [3.63, 3.8) is 0 Å². The summed E-state index contributed by atoms with van der Waals surface area (Å²) in [5.41, 5.74) is 1.85. The van der Waals surface area contributed by atoms with Crippen LogP contribution in [0, 0.1) is 12.7 Å². The van der Waals surface area contributed by atoms with Crippen molar-refractivity contribution in [2.24, 2.45) is 0 Å². The highest BCUT2D eigenvalue weighted by molar-refractivity contribution is 5.26. The molecule has 0 amide bonds. The average Bonchev–Trinajstić information content (AvgIpc) is 2.49. The van der Waals surface area contributed by atoms with Gasteiger partial charge in [0.15, 0.2) is 0 Å². The molecule has 2 rings (SSSR count).